The van der Waals surface area contributed by atoms with Crippen LogP contribution in [0.4, 0.5) is 0 Å². The van der Waals surface area contributed by atoms with E-state index in [0.29, 0.717) is 0 Å². The molecule has 1 aromatic rings. The standard InChI is InChI=1S/C18H34O4.C8H10/c1-5-9-11-15(7-3)17(19)21-13-14-22-18(20)16(8-4)12-10-6-2;1-7-3-5-8(2)6-4-7/h15-16H,5-14H2,1-4H3;3-6H,1-2H3. The van der Waals surface area contributed by atoms with Gasteiger partial charge in [0, 0.05) is 0 Å². The van der Waals surface area contributed by atoms with Crippen LogP contribution in [0.2, 0.25) is 0 Å². The van der Waals surface area contributed by atoms with Gasteiger partial charge < -0.3 is 9.47 Å². The first-order valence-corrected chi connectivity index (χ1v) is 11.8. The third kappa shape index (κ3) is 13.4. The summed E-state index contributed by atoms with van der Waals surface area (Å²) in [6, 6.07) is 8.48. The molecular weight excluding hydrogens is 376 g/mol. The molecule has 0 bridgehead atoms. The second-order valence-electron chi connectivity index (χ2n) is 7.98. The Bertz CT molecular complexity index is 514. The van der Waals surface area contributed by atoms with E-state index in [1.54, 1.807) is 0 Å². The summed E-state index contributed by atoms with van der Waals surface area (Å²) in [7, 11) is 0. The second-order valence-corrected chi connectivity index (χ2v) is 7.98. The summed E-state index contributed by atoms with van der Waals surface area (Å²) in [5.41, 5.74) is 2.66. The van der Waals surface area contributed by atoms with E-state index in [4.69, 9.17) is 9.47 Å². The summed E-state index contributed by atoms with van der Waals surface area (Å²) in [5, 5.41) is 0. The lowest BCUT2D eigenvalue weighted by Crippen LogP contribution is -2.22. The van der Waals surface area contributed by atoms with Gasteiger partial charge in [0.05, 0.1) is 11.8 Å². The van der Waals surface area contributed by atoms with Crippen LogP contribution in [0.3, 0.4) is 0 Å². The van der Waals surface area contributed by atoms with Crippen molar-refractivity contribution in [1.82, 2.24) is 0 Å². The van der Waals surface area contributed by atoms with Crippen molar-refractivity contribution >= 4 is 11.9 Å². The Kier molecular flexibility index (Phi) is 16.9. The highest BCUT2D eigenvalue weighted by atomic mass is 16.6. The predicted molar refractivity (Wildman–Crippen MR) is 124 cm³/mol. The fraction of sp³-hybridized carbons (Fsp3) is 0.692. The number of aryl methyl sites for hydroxylation is 2. The summed E-state index contributed by atoms with van der Waals surface area (Å²) in [4.78, 5) is 23.8. The number of hydrogen-bond donors (Lipinski definition) is 0. The second kappa shape index (κ2) is 18.0. The van der Waals surface area contributed by atoms with Crippen LogP contribution in [0.5, 0.6) is 0 Å². The lowest BCUT2D eigenvalue weighted by atomic mass is 10.00. The Morgan fingerprint density at radius 3 is 1.30 bits per heavy atom. The number of rotatable bonds is 13. The van der Waals surface area contributed by atoms with Gasteiger partial charge in [-0.15, -0.1) is 0 Å². The molecule has 172 valence electrons. The molecule has 0 saturated carbocycles. The van der Waals surface area contributed by atoms with Crippen molar-refractivity contribution in [3.05, 3.63) is 35.4 Å². The average molecular weight is 421 g/mol. The van der Waals surface area contributed by atoms with Crippen molar-refractivity contribution in [3.8, 4) is 0 Å². The maximum absolute atomic E-state index is 11.9. The van der Waals surface area contributed by atoms with Crippen molar-refractivity contribution in [2.24, 2.45) is 11.8 Å². The molecule has 4 heteroatoms. The van der Waals surface area contributed by atoms with Gasteiger partial charge in [-0.25, -0.2) is 0 Å². The molecule has 0 saturated heterocycles. The summed E-state index contributed by atoms with van der Waals surface area (Å²) < 4.78 is 10.4. The van der Waals surface area contributed by atoms with Crippen LogP contribution >= 0.6 is 0 Å². The van der Waals surface area contributed by atoms with Gasteiger partial charge in [0.25, 0.3) is 0 Å². The summed E-state index contributed by atoms with van der Waals surface area (Å²) in [6.45, 7) is 12.7. The Balaban J connectivity index is 0.000000867. The minimum Gasteiger partial charge on any atom is -0.462 e. The summed E-state index contributed by atoms with van der Waals surface area (Å²) >= 11 is 0. The SMILES string of the molecule is CCCCC(CC)C(=O)OCCOC(=O)C(CC)CCCC.Cc1ccc(C)cc1. The number of esters is 2. The molecule has 30 heavy (non-hydrogen) atoms. The van der Waals surface area contributed by atoms with Gasteiger partial charge in [0.1, 0.15) is 13.2 Å². The van der Waals surface area contributed by atoms with E-state index in [2.05, 4.69) is 52.0 Å². The molecule has 0 aromatic heterocycles. The Hall–Kier alpha value is -1.84. The average Bonchev–Trinajstić information content (AvgIpc) is 2.75. The number of unbranched alkanes of at least 4 members (excludes halogenated alkanes) is 2. The first-order chi connectivity index (χ1) is 14.4. The van der Waals surface area contributed by atoms with E-state index in [1.165, 1.54) is 11.1 Å². The van der Waals surface area contributed by atoms with Crippen LogP contribution in [0.25, 0.3) is 0 Å². The van der Waals surface area contributed by atoms with E-state index in [1.807, 2.05) is 13.8 Å². The molecule has 1 aromatic carbocycles. The summed E-state index contributed by atoms with van der Waals surface area (Å²) in [5.74, 6) is -0.373. The normalized spacial score (nSPS) is 12.3. The van der Waals surface area contributed by atoms with Crippen molar-refractivity contribution in [3.63, 3.8) is 0 Å². The third-order valence-electron chi connectivity index (χ3n) is 5.25. The van der Waals surface area contributed by atoms with E-state index in [0.717, 1.165) is 51.4 Å². The first-order valence-electron chi connectivity index (χ1n) is 11.8. The quantitative estimate of drug-likeness (QED) is 0.260. The highest BCUT2D eigenvalue weighted by Crippen LogP contribution is 2.15. The van der Waals surface area contributed by atoms with E-state index < -0.39 is 0 Å². The fourth-order valence-electron chi connectivity index (χ4n) is 3.04. The van der Waals surface area contributed by atoms with Gasteiger partial charge in [-0.3, -0.25) is 9.59 Å². The smallest absolute Gasteiger partial charge is 0.309 e. The largest absolute Gasteiger partial charge is 0.462 e. The molecule has 0 fully saturated rings. The van der Waals surface area contributed by atoms with Crippen molar-refractivity contribution in [2.75, 3.05) is 13.2 Å². The van der Waals surface area contributed by atoms with Gasteiger partial charge in [-0.05, 0) is 39.5 Å². The van der Waals surface area contributed by atoms with Gasteiger partial charge in [-0.1, -0.05) is 88.8 Å². The molecule has 0 aliphatic rings. The zero-order chi connectivity index (χ0) is 22.8. The van der Waals surface area contributed by atoms with Gasteiger partial charge >= 0.3 is 11.9 Å². The number of benzene rings is 1. The third-order valence-corrected chi connectivity index (χ3v) is 5.25. The zero-order valence-electron chi connectivity index (χ0n) is 20.2. The van der Waals surface area contributed by atoms with Crippen molar-refractivity contribution in [1.29, 1.82) is 0 Å². The molecule has 0 radical (unpaired) electrons. The number of carbonyl (C=O) groups excluding carboxylic acids is 2. The van der Waals surface area contributed by atoms with Crippen LogP contribution in [0.15, 0.2) is 24.3 Å². The molecule has 2 unspecified atom stereocenters. The molecule has 0 spiro atoms. The molecule has 4 nitrogen and oxygen atoms in total. The number of carbonyl (C=O) groups is 2. The molecule has 2 atom stereocenters. The van der Waals surface area contributed by atoms with Crippen LogP contribution in [-0.2, 0) is 19.1 Å². The van der Waals surface area contributed by atoms with E-state index >= 15 is 0 Å². The minimum atomic E-state index is -0.162. The van der Waals surface area contributed by atoms with Gasteiger partial charge in [0.2, 0.25) is 0 Å². The summed E-state index contributed by atoms with van der Waals surface area (Å²) in [6.07, 6.45) is 7.59. The Morgan fingerprint density at radius 2 is 1.03 bits per heavy atom. The molecular formula is C26H44O4. The molecule has 0 amide bonds. The molecule has 0 heterocycles. The van der Waals surface area contributed by atoms with Crippen LogP contribution < -0.4 is 0 Å². The van der Waals surface area contributed by atoms with Crippen LogP contribution in [0, 0.1) is 25.7 Å². The number of ether oxygens (including phenoxy) is 2. The minimum absolute atomic E-state index is 0.0244. The lowest BCUT2D eigenvalue weighted by Gasteiger charge is -2.15. The topological polar surface area (TPSA) is 52.6 Å². The fourth-order valence-corrected chi connectivity index (χ4v) is 3.04. The molecule has 0 aliphatic carbocycles. The Morgan fingerprint density at radius 1 is 0.700 bits per heavy atom. The maximum atomic E-state index is 11.9. The predicted octanol–water partition coefficient (Wildman–Crippen LogP) is 6.81. The van der Waals surface area contributed by atoms with Crippen LogP contribution in [-0.4, -0.2) is 25.2 Å². The van der Waals surface area contributed by atoms with Crippen LogP contribution in [0.1, 0.15) is 90.2 Å². The van der Waals surface area contributed by atoms with E-state index in [9.17, 15) is 9.59 Å². The zero-order valence-corrected chi connectivity index (χ0v) is 20.2. The molecule has 1 rings (SSSR count). The highest BCUT2D eigenvalue weighted by Gasteiger charge is 2.19. The van der Waals surface area contributed by atoms with Crippen molar-refractivity contribution < 1.29 is 19.1 Å². The first kappa shape index (κ1) is 28.2. The lowest BCUT2D eigenvalue weighted by molar-refractivity contribution is -0.157. The molecule has 0 N–H and O–H groups in total. The highest BCUT2D eigenvalue weighted by molar-refractivity contribution is 5.73. The maximum Gasteiger partial charge on any atom is 0.309 e. The Labute approximate surface area is 184 Å². The van der Waals surface area contributed by atoms with Gasteiger partial charge in [0.15, 0.2) is 0 Å². The van der Waals surface area contributed by atoms with Gasteiger partial charge in [-0.2, -0.15) is 0 Å². The molecule has 0 aliphatic heterocycles. The van der Waals surface area contributed by atoms with Crippen molar-refractivity contribution in [2.45, 2.75) is 92.9 Å². The monoisotopic (exact) mass is 420 g/mol. The van der Waals surface area contributed by atoms with E-state index in [-0.39, 0.29) is 37.0 Å². The number of hydrogen-bond acceptors (Lipinski definition) is 4.